The molecule has 0 heterocycles. The van der Waals surface area contributed by atoms with Gasteiger partial charge in [-0.25, -0.2) is 0 Å². The van der Waals surface area contributed by atoms with Crippen molar-refractivity contribution in [2.75, 3.05) is 0 Å². The lowest BCUT2D eigenvalue weighted by atomic mass is 9.97. The number of benzene rings is 1. The minimum atomic E-state index is -0.155. The molecule has 0 spiro atoms. The Kier molecular flexibility index (Phi) is 9.90. The third kappa shape index (κ3) is 7.67. The van der Waals surface area contributed by atoms with Gasteiger partial charge in [-0.3, -0.25) is 4.79 Å². The van der Waals surface area contributed by atoms with Crippen molar-refractivity contribution in [2.45, 2.75) is 78.1 Å². The number of aromatic hydroxyl groups is 2. The van der Waals surface area contributed by atoms with Gasteiger partial charge < -0.3 is 10.2 Å². The van der Waals surface area contributed by atoms with Crippen molar-refractivity contribution in [3.05, 3.63) is 35.4 Å². The van der Waals surface area contributed by atoms with Gasteiger partial charge in [0.1, 0.15) is 11.5 Å². The summed E-state index contributed by atoms with van der Waals surface area (Å²) in [5.74, 6) is -0.257. The van der Waals surface area contributed by atoms with Gasteiger partial charge in [0.2, 0.25) is 0 Å². The van der Waals surface area contributed by atoms with E-state index in [1.165, 1.54) is 57.9 Å². The van der Waals surface area contributed by atoms with E-state index >= 15 is 0 Å². The van der Waals surface area contributed by atoms with Crippen LogP contribution in [0.5, 0.6) is 11.5 Å². The van der Waals surface area contributed by atoms with Gasteiger partial charge in [0, 0.05) is 6.07 Å². The zero-order valence-electron chi connectivity index (χ0n) is 15.2. The number of hydrogen-bond donors (Lipinski definition) is 2. The number of phenols is 2. The Morgan fingerprint density at radius 2 is 1.58 bits per heavy atom. The van der Waals surface area contributed by atoms with Crippen LogP contribution in [0, 0.1) is 0 Å². The van der Waals surface area contributed by atoms with Crippen molar-refractivity contribution in [3.63, 3.8) is 0 Å². The number of carbonyl (C=O) groups is 1. The van der Waals surface area contributed by atoms with Crippen molar-refractivity contribution in [2.24, 2.45) is 0 Å². The van der Waals surface area contributed by atoms with E-state index in [2.05, 4.69) is 19.1 Å². The van der Waals surface area contributed by atoms with E-state index in [1.807, 2.05) is 0 Å². The number of hydrogen-bond acceptors (Lipinski definition) is 3. The second kappa shape index (κ2) is 11.7. The van der Waals surface area contributed by atoms with Gasteiger partial charge in [-0.15, -0.1) is 0 Å². The molecule has 0 fully saturated rings. The molecule has 0 aromatic heterocycles. The van der Waals surface area contributed by atoms with Crippen LogP contribution < -0.4 is 0 Å². The van der Waals surface area contributed by atoms with E-state index < -0.39 is 0 Å². The lowest BCUT2D eigenvalue weighted by Crippen LogP contribution is -2.00. The number of allylic oxidation sites excluding steroid dienone is 2. The van der Waals surface area contributed by atoms with Crippen molar-refractivity contribution in [1.29, 1.82) is 0 Å². The normalized spacial score (nSPS) is 11.2. The molecule has 0 unspecified atom stereocenters. The van der Waals surface area contributed by atoms with Crippen molar-refractivity contribution >= 4 is 5.78 Å². The highest BCUT2D eigenvalue weighted by Crippen LogP contribution is 2.29. The Labute approximate surface area is 146 Å². The minimum Gasteiger partial charge on any atom is -0.508 e. The van der Waals surface area contributed by atoms with Crippen LogP contribution in [0.3, 0.4) is 0 Å². The molecule has 0 aliphatic heterocycles. The second-order valence-corrected chi connectivity index (χ2v) is 6.48. The summed E-state index contributed by atoms with van der Waals surface area (Å²) in [4.78, 5) is 11.7. The first kappa shape index (κ1) is 20.3. The third-order valence-electron chi connectivity index (χ3n) is 4.24. The number of phenolic OH excluding ortho intramolecular Hbond substituents is 2. The maximum absolute atomic E-state index is 11.7. The first-order valence-electron chi connectivity index (χ1n) is 9.27. The number of unbranched alkanes of at least 4 members (excludes halogenated alkanes) is 7. The molecule has 0 bridgehead atoms. The molecule has 0 atom stereocenters. The highest BCUT2D eigenvalue weighted by Gasteiger charge is 2.14. The maximum atomic E-state index is 11.7. The van der Waals surface area contributed by atoms with E-state index in [0.29, 0.717) is 12.0 Å². The summed E-state index contributed by atoms with van der Waals surface area (Å²) >= 11 is 0. The smallest absolute Gasteiger partial charge is 0.163 e. The van der Waals surface area contributed by atoms with Gasteiger partial charge in [-0.05, 0) is 50.7 Å². The first-order chi connectivity index (χ1) is 11.6. The molecule has 0 amide bonds. The molecule has 24 heavy (non-hydrogen) atoms. The Morgan fingerprint density at radius 3 is 2.25 bits per heavy atom. The third-order valence-corrected chi connectivity index (χ3v) is 4.24. The number of carbonyl (C=O) groups excluding carboxylic acids is 1. The molecule has 1 aromatic carbocycles. The molecule has 3 nitrogen and oxygen atoms in total. The number of Topliss-reactive ketones (excluding diaryl/α,β-unsaturated/α-hetero) is 1. The highest BCUT2D eigenvalue weighted by atomic mass is 16.3. The number of rotatable bonds is 12. The molecule has 1 aromatic rings. The predicted octanol–water partition coefficient (Wildman–Crippen LogP) is 5.93. The lowest BCUT2D eigenvalue weighted by molar-refractivity contribution is 0.101. The Bertz CT molecular complexity index is 532. The van der Waals surface area contributed by atoms with Crippen LogP contribution >= 0.6 is 0 Å². The first-order valence-corrected chi connectivity index (χ1v) is 9.27. The largest absolute Gasteiger partial charge is 0.508 e. The van der Waals surface area contributed by atoms with Crippen LogP contribution in [-0.4, -0.2) is 16.0 Å². The van der Waals surface area contributed by atoms with Gasteiger partial charge in [0.15, 0.2) is 5.78 Å². The molecule has 3 heteroatoms. The van der Waals surface area contributed by atoms with Crippen LogP contribution in [0.2, 0.25) is 0 Å². The summed E-state index contributed by atoms with van der Waals surface area (Å²) in [5, 5.41) is 19.4. The quantitative estimate of drug-likeness (QED) is 0.283. The predicted molar refractivity (Wildman–Crippen MR) is 99.8 cm³/mol. The maximum Gasteiger partial charge on any atom is 0.163 e. The molecule has 134 valence electrons. The molecule has 0 aliphatic carbocycles. The lowest BCUT2D eigenvalue weighted by Gasteiger charge is -2.10. The second-order valence-electron chi connectivity index (χ2n) is 6.48. The summed E-state index contributed by atoms with van der Waals surface area (Å²) < 4.78 is 0. The van der Waals surface area contributed by atoms with Crippen molar-refractivity contribution in [1.82, 2.24) is 0 Å². The zero-order chi connectivity index (χ0) is 17.8. The van der Waals surface area contributed by atoms with Crippen LogP contribution in [-0.2, 0) is 6.42 Å². The minimum absolute atomic E-state index is 0.0161. The van der Waals surface area contributed by atoms with Gasteiger partial charge in [-0.2, -0.15) is 0 Å². The van der Waals surface area contributed by atoms with Crippen LogP contribution in [0.1, 0.15) is 87.6 Å². The summed E-state index contributed by atoms with van der Waals surface area (Å²) in [7, 11) is 0. The van der Waals surface area contributed by atoms with E-state index in [0.717, 1.165) is 18.4 Å². The van der Waals surface area contributed by atoms with Crippen LogP contribution in [0.4, 0.5) is 0 Å². The molecule has 2 N–H and O–H groups in total. The topological polar surface area (TPSA) is 57.5 Å². The van der Waals surface area contributed by atoms with Crippen LogP contribution in [0.25, 0.3) is 0 Å². The van der Waals surface area contributed by atoms with Gasteiger partial charge in [0.05, 0.1) is 5.56 Å². The monoisotopic (exact) mass is 332 g/mol. The van der Waals surface area contributed by atoms with E-state index in [-0.39, 0.29) is 17.3 Å². The Hall–Kier alpha value is -1.77. The molecule has 0 saturated carbocycles. The number of ketones is 1. The fourth-order valence-electron chi connectivity index (χ4n) is 2.94. The molecule has 0 radical (unpaired) electrons. The fraction of sp³-hybridized carbons (Fsp3) is 0.571. The Morgan fingerprint density at radius 1 is 0.958 bits per heavy atom. The fourth-order valence-corrected chi connectivity index (χ4v) is 2.94. The molecule has 1 rings (SSSR count). The van der Waals surface area contributed by atoms with Gasteiger partial charge >= 0.3 is 0 Å². The van der Waals surface area contributed by atoms with Gasteiger partial charge in [0.25, 0.3) is 0 Å². The van der Waals surface area contributed by atoms with E-state index in [4.69, 9.17) is 0 Å². The van der Waals surface area contributed by atoms with E-state index in [1.54, 1.807) is 6.07 Å². The summed E-state index contributed by atoms with van der Waals surface area (Å²) in [5.41, 5.74) is 1.10. The molecule has 0 aliphatic rings. The van der Waals surface area contributed by atoms with E-state index in [9.17, 15) is 15.0 Å². The van der Waals surface area contributed by atoms with Crippen LogP contribution in [0.15, 0.2) is 24.3 Å². The molecular weight excluding hydrogens is 300 g/mol. The average Bonchev–Trinajstić information content (AvgIpc) is 2.51. The average molecular weight is 332 g/mol. The van der Waals surface area contributed by atoms with Crippen molar-refractivity contribution in [3.8, 4) is 11.5 Å². The number of aryl methyl sites for hydroxylation is 1. The van der Waals surface area contributed by atoms with Gasteiger partial charge in [-0.1, -0.05) is 51.2 Å². The highest BCUT2D eigenvalue weighted by molar-refractivity contribution is 5.98. The summed E-state index contributed by atoms with van der Waals surface area (Å²) in [6.45, 7) is 3.66. The Balaban J connectivity index is 2.24. The zero-order valence-corrected chi connectivity index (χ0v) is 15.2. The summed E-state index contributed by atoms with van der Waals surface area (Å²) in [6, 6.07) is 2.83. The standard InChI is InChI=1S/C21H32O3/c1-3-4-5-6-7-8-9-10-11-12-13-14-18-15-19(23)16-20(24)21(18)17(2)22/h6-7,15-16,23-24H,3-5,8-14H2,1-2H3/b7-6-. The summed E-state index contributed by atoms with van der Waals surface area (Å²) in [6.07, 6.45) is 15.9. The molecular formula is C21H32O3. The van der Waals surface area contributed by atoms with Crippen molar-refractivity contribution < 1.29 is 15.0 Å². The SMILES string of the molecule is CCCC/C=C\CCCCCCCc1cc(O)cc(O)c1C(C)=O. The molecule has 0 saturated heterocycles.